The summed E-state index contributed by atoms with van der Waals surface area (Å²) in [5.41, 5.74) is 5.15. The predicted molar refractivity (Wildman–Crippen MR) is 71.4 cm³/mol. The van der Waals surface area contributed by atoms with Gasteiger partial charge in [-0.05, 0) is 24.5 Å². The van der Waals surface area contributed by atoms with Crippen molar-refractivity contribution in [1.82, 2.24) is 4.72 Å². The van der Waals surface area contributed by atoms with Gasteiger partial charge in [-0.25, -0.2) is 21.9 Å². The maximum Gasteiger partial charge on any atom is 0.243 e. The topological polar surface area (TPSA) is 92.4 Å². The molecule has 0 spiro atoms. The zero-order valence-electron chi connectivity index (χ0n) is 11.1. The smallest absolute Gasteiger partial charge is 0.243 e. The summed E-state index contributed by atoms with van der Waals surface area (Å²) < 4.78 is 52.8. The van der Waals surface area contributed by atoms with Crippen LogP contribution in [0.25, 0.3) is 0 Å². The SMILES string of the molecule is CCC(CCO)CNS(=O)(=O)c1cc(N)cc(F)c1F. The second-order valence-corrected chi connectivity index (χ2v) is 6.19. The van der Waals surface area contributed by atoms with Gasteiger partial charge in [-0.15, -0.1) is 0 Å². The molecule has 0 aliphatic rings. The van der Waals surface area contributed by atoms with Gasteiger partial charge in [0.1, 0.15) is 4.90 Å². The first-order chi connectivity index (χ1) is 9.31. The van der Waals surface area contributed by atoms with Crippen LogP contribution in [-0.4, -0.2) is 26.7 Å². The third-order valence-electron chi connectivity index (χ3n) is 2.98. The number of aliphatic hydroxyl groups excluding tert-OH is 1. The van der Waals surface area contributed by atoms with Crippen molar-refractivity contribution < 1.29 is 22.3 Å². The normalized spacial score (nSPS) is 13.4. The Balaban J connectivity index is 2.94. The van der Waals surface area contributed by atoms with E-state index in [-0.39, 0.29) is 24.8 Å². The van der Waals surface area contributed by atoms with Crippen molar-refractivity contribution >= 4 is 15.7 Å². The summed E-state index contributed by atoms with van der Waals surface area (Å²) in [6.45, 7) is 1.81. The predicted octanol–water partition coefficient (Wildman–Crippen LogP) is 1.23. The lowest BCUT2D eigenvalue weighted by Crippen LogP contribution is -2.30. The molecule has 1 aromatic rings. The average molecular weight is 308 g/mol. The molecule has 1 unspecified atom stereocenters. The first kappa shape index (κ1) is 16.8. The zero-order chi connectivity index (χ0) is 15.3. The van der Waals surface area contributed by atoms with Crippen LogP contribution in [0.1, 0.15) is 19.8 Å². The Bertz CT molecular complexity index is 564. The quantitative estimate of drug-likeness (QED) is 0.661. The molecule has 0 saturated heterocycles. The standard InChI is InChI=1S/C12H18F2N2O3S/c1-2-8(3-4-17)7-16-20(18,19)11-6-9(15)5-10(13)12(11)14/h5-6,8,16-17H,2-4,7,15H2,1H3. The lowest BCUT2D eigenvalue weighted by Gasteiger charge is -2.15. The molecule has 0 aliphatic carbocycles. The molecule has 20 heavy (non-hydrogen) atoms. The van der Waals surface area contributed by atoms with E-state index in [1.54, 1.807) is 0 Å². The molecule has 0 saturated carbocycles. The van der Waals surface area contributed by atoms with E-state index in [0.29, 0.717) is 12.8 Å². The highest BCUT2D eigenvalue weighted by Gasteiger charge is 2.23. The highest BCUT2D eigenvalue weighted by atomic mass is 32.2. The Hall–Kier alpha value is -1.25. The highest BCUT2D eigenvalue weighted by molar-refractivity contribution is 7.89. The molecular formula is C12H18F2N2O3S. The summed E-state index contributed by atoms with van der Waals surface area (Å²) in [6, 6.07) is 1.59. The fraction of sp³-hybridized carbons (Fsp3) is 0.500. The van der Waals surface area contributed by atoms with Crippen LogP contribution in [0.5, 0.6) is 0 Å². The third kappa shape index (κ3) is 4.12. The van der Waals surface area contributed by atoms with Crippen LogP contribution in [0, 0.1) is 17.6 Å². The third-order valence-corrected chi connectivity index (χ3v) is 4.41. The Morgan fingerprint density at radius 3 is 2.60 bits per heavy atom. The number of benzene rings is 1. The van der Waals surface area contributed by atoms with Crippen molar-refractivity contribution in [2.75, 3.05) is 18.9 Å². The summed E-state index contributed by atoms with van der Waals surface area (Å²) in [4.78, 5) is -0.811. The maximum atomic E-state index is 13.5. The number of nitrogens with one attached hydrogen (secondary N) is 1. The molecule has 1 atom stereocenters. The van der Waals surface area contributed by atoms with Gasteiger partial charge in [0.2, 0.25) is 10.0 Å². The molecule has 0 heterocycles. The number of rotatable bonds is 7. The molecule has 114 valence electrons. The second-order valence-electron chi connectivity index (χ2n) is 4.45. The van der Waals surface area contributed by atoms with E-state index in [0.717, 1.165) is 12.1 Å². The van der Waals surface area contributed by atoms with E-state index in [9.17, 15) is 17.2 Å². The summed E-state index contributed by atoms with van der Waals surface area (Å²) in [7, 11) is -4.19. The van der Waals surface area contributed by atoms with Gasteiger partial charge in [0.15, 0.2) is 11.6 Å². The number of aliphatic hydroxyl groups is 1. The number of halogens is 2. The number of anilines is 1. The van der Waals surface area contributed by atoms with Crippen molar-refractivity contribution in [3.63, 3.8) is 0 Å². The Labute approximate surface area is 116 Å². The maximum absolute atomic E-state index is 13.5. The molecule has 0 radical (unpaired) electrons. The molecule has 5 nitrogen and oxygen atoms in total. The molecule has 8 heteroatoms. The molecule has 0 fully saturated rings. The van der Waals surface area contributed by atoms with E-state index in [4.69, 9.17) is 10.8 Å². The minimum atomic E-state index is -4.19. The Morgan fingerprint density at radius 1 is 1.40 bits per heavy atom. The van der Waals surface area contributed by atoms with Crippen molar-refractivity contribution in [2.45, 2.75) is 24.7 Å². The van der Waals surface area contributed by atoms with Crippen LogP contribution < -0.4 is 10.5 Å². The van der Waals surface area contributed by atoms with Gasteiger partial charge in [0, 0.05) is 18.8 Å². The van der Waals surface area contributed by atoms with Gasteiger partial charge in [0.25, 0.3) is 0 Å². The Morgan fingerprint density at radius 2 is 2.05 bits per heavy atom. The number of hydrogen-bond donors (Lipinski definition) is 3. The summed E-state index contributed by atoms with van der Waals surface area (Å²) in [5.74, 6) is -2.85. The molecule has 0 aliphatic heterocycles. The first-order valence-corrected chi connectivity index (χ1v) is 7.65. The second kappa shape index (κ2) is 6.96. The van der Waals surface area contributed by atoms with E-state index in [1.807, 2.05) is 6.92 Å². The largest absolute Gasteiger partial charge is 0.399 e. The lowest BCUT2D eigenvalue weighted by atomic mass is 10.0. The molecule has 0 amide bonds. The lowest BCUT2D eigenvalue weighted by molar-refractivity contribution is 0.254. The van der Waals surface area contributed by atoms with Crippen molar-refractivity contribution in [1.29, 1.82) is 0 Å². The zero-order valence-corrected chi connectivity index (χ0v) is 11.9. The van der Waals surface area contributed by atoms with Gasteiger partial charge >= 0.3 is 0 Å². The van der Waals surface area contributed by atoms with E-state index >= 15 is 0 Å². The highest BCUT2D eigenvalue weighted by Crippen LogP contribution is 2.21. The van der Waals surface area contributed by atoms with Crippen LogP contribution in [0.15, 0.2) is 17.0 Å². The van der Waals surface area contributed by atoms with Crippen LogP contribution in [0.4, 0.5) is 14.5 Å². The van der Waals surface area contributed by atoms with Gasteiger partial charge < -0.3 is 10.8 Å². The van der Waals surface area contributed by atoms with Crippen molar-refractivity contribution in [2.24, 2.45) is 5.92 Å². The molecule has 4 N–H and O–H groups in total. The van der Waals surface area contributed by atoms with Crippen LogP contribution >= 0.6 is 0 Å². The number of nitrogen functional groups attached to an aromatic ring is 1. The minimum absolute atomic E-state index is 0.0370. The number of sulfonamides is 1. The van der Waals surface area contributed by atoms with Crippen molar-refractivity contribution in [3.8, 4) is 0 Å². The monoisotopic (exact) mass is 308 g/mol. The van der Waals surface area contributed by atoms with Crippen molar-refractivity contribution in [3.05, 3.63) is 23.8 Å². The molecular weight excluding hydrogens is 290 g/mol. The Kier molecular flexibility index (Phi) is 5.85. The van der Waals surface area contributed by atoms with E-state index in [2.05, 4.69) is 4.72 Å². The molecule has 1 rings (SSSR count). The van der Waals surface area contributed by atoms with Gasteiger partial charge in [-0.2, -0.15) is 0 Å². The summed E-state index contributed by atoms with van der Waals surface area (Å²) in [6.07, 6.45) is 1.07. The fourth-order valence-electron chi connectivity index (χ4n) is 1.72. The summed E-state index contributed by atoms with van der Waals surface area (Å²) >= 11 is 0. The van der Waals surface area contributed by atoms with Gasteiger partial charge in [-0.1, -0.05) is 13.3 Å². The van der Waals surface area contributed by atoms with Crippen LogP contribution in [0.2, 0.25) is 0 Å². The molecule has 0 bridgehead atoms. The summed E-state index contributed by atoms with van der Waals surface area (Å²) in [5, 5.41) is 8.83. The molecule has 1 aromatic carbocycles. The average Bonchev–Trinajstić information content (AvgIpc) is 2.38. The minimum Gasteiger partial charge on any atom is -0.399 e. The molecule has 0 aromatic heterocycles. The number of nitrogens with two attached hydrogens (primary N) is 1. The van der Waals surface area contributed by atoms with E-state index < -0.39 is 26.6 Å². The van der Waals surface area contributed by atoms with Crippen LogP contribution in [0.3, 0.4) is 0 Å². The first-order valence-electron chi connectivity index (χ1n) is 6.16. The van der Waals surface area contributed by atoms with Crippen LogP contribution in [-0.2, 0) is 10.0 Å². The van der Waals surface area contributed by atoms with Gasteiger partial charge in [0.05, 0.1) is 0 Å². The fourth-order valence-corrected chi connectivity index (χ4v) is 2.95. The van der Waals surface area contributed by atoms with Gasteiger partial charge in [-0.3, -0.25) is 0 Å². The number of hydrogen-bond acceptors (Lipinski definition) is 4. The van der Waals surface area contributed by atoms with E-state index in [1.165, 1.54) is 0 Å².